The molecule has 0 saturated carbocycles. The van der Waals surface area contributed by atoms with E-state index in [-0.39, 0.29) is 11.3 Å². The van der Waals surface area contributed by atoms with Gasteiger partial charge in [0, 0.05) is 5.39 Å². The summed E-state index contributed by atoms with van der Waals surface area (Å²) in [5, 5.41) is 19.6. The average molecular weight is 188 g/mol. The zero-order valence-electron chi connectivity index (χ0n) is 7.27. The number of hydrogen-bond acceptors (Lipinski definition) is 2. The van der Waals surface area contributed by atoms with Crippen LogP contribution < -0.4 is 0 Å². The number of phenolic OH excluding ortho intramolecular Hbond substituents is 1. The number of carbonyl (C=O) groups is 1. The summed E-state index contributed by atoms with van der Waals surface area (Å²) in [5.74, 6) is -0.797. The molecule has 0 aliphatic rings. The summed E-state index contributed by atoms with van der Waals surface area (Å²) in [7, 11) is 0. The van der Waals surface area contributed by atoms with Gasteiger partial charge in [0.15, 0.2) is 0 Å². The van der Waals surface area contributed by atoms with Gasteiger partial charge in [-0.25, -0.2) is 4.79 Å². The molecule has 2 rings (SSSR count). The van der Waals surface area contributed by atoms with Crippen molar-refractivity contribution in [3.63, 3.8) is 0 Å². The van der Waals surface area contributed by atoms with Crippen LogP contribution in [0.1, 0.15) is 10.4 Å². The van der Waals surface area contributed by atoms with Gasteiger partial charge in [-0.1, -0.05) is 12.1 Å². The normalized spacial score (nSPS) is 10.3. The van der Waals surface area contributed by atoms with E-state index in [0.717, 1.165) is 5.39 Å². The molecule has 0 amide bonds. The molecule has 0 radical (unpaired) electrons. The van der Waals surface area contributed by atoms with Crippen molar-refractivity contribution in [3.05, 3.63) is 42.0 Å². The van der Waals surface area contributed by atoms with Gasteiger partial charge >= 0.3 is 5.97 Å². The Morgan fingerprint density at radius 1 is 1.14 bits per heavy atom. The second-order valence-corrected chi connectivity index (χ2v) is 3.02. The van der Waals surface area contributed by atoms with Crippen LogP contribution in [0.3, 0.4) is 0 Å². The maximum Gasteiger partial charge on any atom is 0.335 e. The van der Waals surface area contributed by atoms with Gasteiger partial charge in [-0.2, -0.15) is 0 Å². The van der Waals surface area contributed by atoms with E-state index in [2.05, 4.69) is 0 Å². The molecule has 0 aromatic heterocycles. The SMILES string of the molecule is O=C(O)c1ccc2c(O)cccc2c1. The monoisotopic (exact) mass is 188 g/mol. The Balaban J connectivity index is 2.73. The zero-order valence-corrected chi connectivity index (χ0v) is 7.27. The van der Waals surface area contributed by atoms with Gasteiger partial charge in [-0.15, -0.1) is 0 Å². The van der Waals surface area contributed by atoms with Gasteiger partial charge in [0.2, 0.25) is 0 Å². The highest BCUT2D eigenvalue weighted by Crippen LogP contribution is 2.24. The van der Waals surface area contributed by atoms with E-state index in [0.29, 0.717) is 5.39 Å². The minimum atomic E-state index is -0.963. The molecule has 0 bridgehead atoms. The van der Waals surface area contributed by atoms with Crippen molar-refractivity contribution in [1.29, 1.82) is 0 Å². The zero-order chi connectivity index (χ0) is 10.1. The van der Waals surface area contributed by atoms with E-state index in [1.807, 2.05) is 0 Å². The Morgan fingerprint density at radius 2 is 1.93 bits per heavy atom. The molecule has 3 heteroatoms. The number of benzene rings is 2. The van der Waals surface area contributed by atoms with E-state index in [1.165, 1.54) is 12.1 Å². The number of aromatic hydroxyl groups is 1. The van der Waals surface area contributed by atoms with Crippen molar-refractivity contribution >= 4 is 16.7 Å². The number of phenols is 1. The summed E-state index contributed by atoms with van der Waals surface area (Å²) < 4.78 is 0. The van der Waals surface area contributed by atoms with Gasteiger partial charge in [0.25, 0.3) is 0 Å². The maximum absolute atomic E-state index is 10.7. The van der Waals surface area contributed by atoms with E-state index in [9.17, 15) is 9.90 Å². The summed E-state index contributed by atoms with van der Waals surface area (Å²) in [6.07, 6.45) is 0. The Labute approximate surface area is 80.2 Å². The fourth-order valence-corrected chi connectivity index (χ4v) is 1.40. The molecule has 2 aromatic carbocycles. The molecule has 14 heavy (non-hydrogen) atoms. The molecule has 0 unspecified atom stereocenters. The third-order valence-electron chi connectivity index (χ3n) is 2.10. The molecule has 70 valence electrons. The topological polar surface area (TPSA) is 57.5 Å². The van der Waals surface area contributed by atoms with Crippen LogP contribution in [-0.2, 0) is 0 Å². The highest BCUT2D eigenvalue weighted by molar-refractivity contribution is 5.96. The second-order valence-electron chi connectivity index (χ2n) is 3.02. The lowest BCUT2D eigenvalue weighted by Crippen LogP contribution is -1.94. The van der Waals surface area contributed by atoms with Crippen LogP contribution in [0.2, 0.25) is 0 Å². The quantitative estimate of drug-likeness (QED) is 0.721. The minimum absolute atomic E-state index is 0.166. The molecule has 2 N–H and O–H groups in total. The van der Waals surface area contributed by atoms with Crippen LogP contribution in [0, 0.1) is 0 Å². The lowest BCUT2D eigenvalue weighted by molar-refractivity contribution is 0.0697. The molecule has 3 nitrogen and oxygen atoms in total. The first-order valence-electron chi connectivity index (χ1n) is 4.13. The van der Waals surface area contributed by atoms with Crippen LogP contribution in [0.5, 0.6) is 5.75 Å². The first-order chi connectivity index (χ1) is 6.68. The molecule has 0 heterocycles. The Hall–Kier alpha value is -2.03. The summed E-state index contributed by atoms with van der Waals surface area (Å²) in [6.45, 7) is 0. The summed E-state index contributed by atoms with van der Waals surface area (Å²) >= 11 is 0. The van der Waals surface area contributed by atoms with Gasteiger partial charge in [0.1, 0.15) is 5.75 Å². The number of rotatable bonds is 1. The van der Waals surface area contributed by atoms with Crippen LogP contribution in [0.25, 0.3) is 10.8 Å². The van der Waals surface area contributed by atoms with E-state index in [1.54, 1.807) is 24.3 Å². The van der Waals surface area contributed by atoms with Gasteiger partial charge < -0.3 is 10.2 Å². The smallest absolute Gasteiger partial charge is 0.335 e. The number of carboxylic acids is 1. The molecule has 0 spiro atoms. The maximum atomic E-state index is 10.7. The first-order valence-corrected chi connectivity index (χ1v) is 4.13. The van der Waals surface area contributed by atoms with E-state index < -0.39 is 5.97 Å². The third kappa shape index (κ3) is 1.29. The fraction of sp³-hybridized carbons (Fsp3) is 0. The van der Waals surface area contributed by atoms with Crippen molar-refractivity contribution in [2.24, 2.45) is 0 Å². The summed E-state index contributed by atoms with van der Waals surface area (Å²) in [6, 6.07) is 9.64. The number of aromatic carboxylic acids is 1. The standard InChI is InChI=1S/C11H8O3/c12-10-3-1-2-7-6-8(11(13)14)4-5-9(7)10/h1-6,12H,(H,13,14). The Morgan fingerprint density at radius 3 is 2.64 bits per heavy atom. The van der Waals surface area contributed by atoms with Crippen LogP contribution in [-0.4, -0.2) is 16.2 Å². The second kappa shape index (κ2) is 3.03. The average Bonchev–Trinajstić information content (AvgIpc) is 2.17. The number of hydrogen-bond donors (Lipinski definition) is 2. The molecule has 0 atom stereocenters. The van der Waals surface area contributed by atoms with E-state index >= 15 is 0 Å². The predicted octanol–water partition coefficient (Wildman–Crippen LogP) is 2.24. The number of fused-ring (bicyclic) bond motifs is 1. The van der Waals surface area contributed by atoms with Gasteiger partial charge in [-0.3, -0.25) is 0 Å². The van der Waals surface area contributed by atoms with Crippen molar-refractivity contribution in [2.45, 2.75) is 0 Å². The third-order valence-corrected chi connectivity index (χ3v) is 2.10. The van der Waals surface area contributed by atoms with Crippen LogP contribution in [0.15, 0.2) is 36.4 Å². The lowest BCUT2D eigenvalue weighted by Gasteiger charge is -2.01. The summed E-state index contributed by atoms with van der Waals surface area (Å²) in [5.41, 5.74) is 0.225. The Kier molecular flexibility index (Phi) is 1.85. The molecule has 0 aliphatic carbocycles. The van der Waals surface area contributed by atoms with Crippen molar-refractivity contribution < 1.29 is 15.0 Å². The molecule has 0 fully saturated rings. The van der Waals surface area contributed by atoms with Gasteiger partial charge in [-0.05, 0) is 29.7 Å². The molecular formula is C11H8O3. The molecule has 0 saturated heterocycles. The molecule has 2 aromatic rings. The van der Waals surface area contributed by atoms with Crippen LogP contribution in [0.4, 0.5) is 0 Å². The minimum Gasteiger partial charge on any atom is -0.507 e. The Bertz CT molecular complexity index is 503. The summed E-state index contributed by atoms with van der Waals surface area (Å²) in [4.78, 5) is 10.7. The first kappa shape index (κ1) is 8.56. The fourth-order valence-electron chi connectivity index (χ4n) is 1.40. The predicted molar refractivity (Wildman–Crippen MR) is 52.6 cm³/mol. The lowest BCUT2D eigenvalue weighted by atomic mass is 10.1. The van der Waals surface area contributed by atoms with Crippen molar-refractivity contribution in [1.82, 2.24) is 0 Å². The van der Waals surface area contributed by atoms with Crippen molar-refractivity contribution in [3.8, 4) is 5.75 Å². The largest absolute Gasteiger partial charge is 0.507 e. The van der Waals surface area contributed by atoms with E-state index in [4.69, 9.17) is 5.11 Å². The van der Waals surface area contributed by atoms with Gasteiger partial charge in [0.05, 0.1) is 5.56 Å². The van der Waals surface area contributed by atoms with Crippen molar-refractivity contribution in [2.75, 3.05) is 0 Å². The number of carboxylic acid groups (broad SMARTS) is 1. The van der Waals surface area contributed by atoms with Crippen LogP contribution >= 0.6 is 0 Å². The molecule has 0 aliphatic heterocycles. The highest BCUT2D eigenvalue weighted by Gasteiger charge is 2.04. The highest BCUT2D eigenvalue weighted by atomic mass is 16.4. The molecular weight excluding hydrogens is 180 g/mol.